The summed E-state index contributed by atoms with van der Waals surface area (Å²) in [5.41, 5.74) is 1.07. The van der Waals surface area contributed by atoms with Crippen LogP contribution in [-0.2, 0) is 4.79 Å². The molecule has 0 spiro atoms. The molecule has 5 heteroatoms. The number of hydrogen-bond donors (Lipinski definition) is 2. The minimum Gasteiger partial charge on any atom is -0.496 e. The van der Waals surface area contributed by atoms with Gasteiger partial charge in [0.2, 0.25) is 5.91 Å². The van der Waals surface area contributed by atoms with Gasteiger partial charge in [-0.3, -0.25) is 4.79 Å². The summed E-state index contributed by atoms with van der Waals surface area (Å²) in [5.74, 6) is 1.39. The van der Waals surface area contributed by atoms with Gasteiger partial charge in [0.1, 0.15) is 5.75 Å². The lowest BCUT2D eigenvalue weighted by Gasteiger charge is -2.23. The van der Waals surface area contributed by atoms with E-state index >= 15 is 0 Å². The van der Waals surface area contributed by atoms with E-state index in [1.807, 2.05) is 25.1 Å². The summed E-state index contributed by atoms with van der Waals surface area (Å²) >= 11 is 3.48. The molecule has 1 saturated heterocycles. The van der Waals surface area contributed by atoms with E-state index in [9.17, 15) is 4.79 Å². The predicted molar refractivity (Wildman–Crippen MR) is 87.5 cm³/mol. The number of nitrogens with one attached hydrogen (secondary N) is 2. The molecular weight excluding hydrogens is 332 g/mol. The Morgan fingerprint density at radius 2 is 2.38 bits per heavy atom. The first-order valence-electron chi connectivity index (χ1n) is 7.43. The average Bonchev–Trinajstić information content (AvgIpc) is 2.48. The Hall–Kier alpha value is -1.07. The quantitative estimate of drug-likeness (QED) is 0.854. The van der Waals surface area contributed by atoms with Crippen LogP contribution in [0, 0.1) is 5.92 Å². The number of ether oxygens (including phenoxy) is 1. The van der Waals surface area contributed by atoms with Gasteiger partial charge < -0.3 is 15.4 Å². The zero-order valence-electron chi connectivity index (χ0n) is 12.6. The van der Waals surface area contributed by atoms with Crippen LogP contribution in [-0.4, -0.2) is 26.1 Å². The summed E-state index contributed by atoms with van der Waals surface area (Å²) in [6.07, 6.45) is 2.91. The fourth-order valence-electron chi connectivity index (χ4n) is 2.70. The first-order chi connectivity index (χ1) is 10.1. The standard InChI is InChI=1S/C16H23BrN2O2/c1-11(13-5-6-15(21-2)14(17)9-13)19-16(20)8-12-4-3-7-18-10-12/h5-6,9,11-12,18H,3-4,7-8,10H2,1-2H3,(H,19,20). The van der Waals surface area contributed by atoms with Crippen molar-refractivity contribution < 1.29 is 9.53 Å². The van der Waals surface area contributed by atoms with E-state index < -0.39 is 0 Å². The highest BCUT2D eigenvalue weighted by molar-refractivity contribution is 9.10. The molecule has 0 radical (unpaired) electrons. The van der Waals surface area contributed by atoms with E-state index in [4.69, 9.17) is 4.74 Å². The van der Waals surface area contributed by atoms with E-state index in [1.54, 1.807) is 7.11 Å². The molecule has 0 aliphatic carbocycles. The number of halogens is 1. The Balaban J connectivity index is 1.89. The third kappa shape index (κ3) is 4.71. The molecule has 21 heavy (non-hydrogen) atoms. The zero-order chi connectivity index (χ0) is 15.2. The number of carbonyl (C=O) groups excluding carboxylic acids is 1. The summed E-state index contributed by atoms with van der Waals surface area (Å²) in [6, 6.07) is 5.88. The smallest absolute Gasteiger partial charge is 0.220 e. The van der Waals surface area contributed by atoms with Gasteiger partial charge in [-0.15, -0.1) is 0 Å². The van der Waals surface area contributed by atoms with Crippen LogP contribution in [0.4, 0.5) is 0 Å². The fraction of sp³-hybridized carbons (Fsp3) is 0.562. The van der Waals surface area contributed by atoms with Crippen LogP contribution in [0.25, 0.3) is 0 Å². The van der Waals surface area contributed by atoms with Crippen molar-refractivity contribution in [2.75, 3.05) is 20.2 Å². The molecule has 1 amide bonds. The topological polar surface area (TPSA) is 50.4 Å². The van der Waals surface area contributed by atoms with Crippen molar-refractivity contribution in [1.29, 1.82) is 0 Å². The Kier molecular flexibility index (Phi) is 6.06. The Morgan fingerprint density at radius 3 is 3.00 bits per heavy atom. The van der Waals surface area contributed by atoms with Gasteiger partial charge in [-0.1, -0.05) is 6.07 Å². The van der Waals surface area contributed by atoms with Crippen molar-refractivity contribution in [3.05, 3.63) is 28.2 Å². The van der Waals surface area contributed by atoms with Gasteiger partial charge >= 0.3 is 0 Å². The second-order valence-electron chi connectivity index (χ2n) is 5.60. The van der Waals surface area contributed by atoms with Gasteiger partial charge in [-0.2, -0.15) is 0 Å². The summed E-state index contributed by atoms with van der Waals surface area (Å²) < 4.78 is 6.12. The minimum absolute atomic E-state index is 0.00347. The fourth-order valence-corrected chi connectivity index (χ4v) is 3.25. The second kappa shape index (κ2) is 7.80. The molecule has 0 aromatic heterocycles. The first-order valence-corrected chi connectivity index (χ1v) is 8.23. The van der Waals surface area contributed by atoms with Gasteiger partial charge in [0, 0.05) is 6.42 Å². The number of hydrogen-bond acceptors (Lipinski definition) is 3. The maximum atomic E-state index is 12.1. The lowest BCUT2D eigenvalue weighted by atomic mass is 9.95. The maximum absolute atomic E-state index is 12.1. The molecule has 1 fully saturated rings. The summed E-state index contributed by atoms with van der Waals surface area (Å²) in [7, 11) is 1.64. The minimum atomic E-state index is -0.00347. The van der Waals surface area contributed by atoms with Crippen LogP contribution in [0.15, 0.2) is 22.7 Å². The molecule has 4 nitrogen and oxygen atoms in total. The van der Waals surface area contributed by atoms with Crippen molar-refractivity contribution in [3.8, 4) is 5.75 Å². The zero-order valence-corrected chi connectivity index (χ0v) is 14.2. The Morgan fingerprint density at radius 1 is 1.57 bits per heavy atom. The van der Waals surface area contributed by atoms with Crippen LogP contribution >= 0.6 is 15.9 Å². The Bertz CT molecular complexity index is 487. The van der Waals surface area contributed by atoms with Crippen molar-refractivity contribution in [2.24, 2.45) is 5.92 Å². The molecule has 2 N–H and O–H groups in total. The van der Waals surface area contributed by atoms with E-state index in [0.29, 0.717) is 12.3 Å². The van der Waals surface area contributed by atoms with Crippen molar-refractivity contribution in [3.63, 3.8) is 0 Å². The molecule has 0 bridgehead atoms. The summed E-state index contributed by atoms with van der Waals surface area (Å²) in [6.45, 7) is 4.04. The molecule has 1 aromatic rings. The number of benzene rings is 1. The molecule has 1 heterocycles. The number of carbonyl (C=O) groups is 1. The summed E-state index contributed by atoms with van der Waals surface area (Å²) in [4.78, 5) is 12.1. The van der Waals surface area contributed by atoms with Crippen molar-refractivity contribution in [2.45, 2.75) is 32.2 Å². The van der Waals surface area contributed by atoms with Gasteiger partial charge in [0.25, 0.3) is 0 Å². The lowest BCUT2D eigenvalue weighted by molar-refractivity contribution is -0.122. The van der Waals surface area contributed by atoms with Gasteiger partial charge in [0.05, 0.1) is 17.6 Å². The third-order valence-corrected chi connectivity index (χ3v) is 4.55. The highest BCUT2D eigenvalue weighted by Gasteiger charge is 2.18. The number of piperidine rings is 1. The van der Waals surface area contributed by atoms with Crippen LogP contribution < -0.4 is 15.4 Å². The SMILES string of the molecule is COc1ccc(C(C)NC(=O)CC2CCCNC2)cc1Br. The van der Waals surface area contributed by atoms with E-state index in [0.717, 1.165) is 35.3 Å². The number of methoxy groups -OCH3 is 1. The van der Waals surface area contributed by atoms with Gasteiger partial charge in [-0.05, 0) is 72.4 Å². The van der Waals surface area contributed by atoms with Crippen molar-refractivity contribution >= 4 is 21.8 Å². The largest absolute Gasteiger partial charge is 0.496 e. The van der Waals surface area contributed by atoms with E-state index in [2.05, 4.69) is 26.6 Å². The molecular formula is C16H23BrN2O2. The first kappa shape index (κ1) is 16.3. The van der Waals surface area contributed by atoms with Crippen LogP contribution in [0.1, 0.15) is 37.8 Å². The highest BCUT2D eigenvalue weighted by Crippen LogP contribution is 2.28. The van der Waals surface area contributed by atoms with E-state index in [1.165, 1.54) is 6.42 Å². The molecule has 2 rings (SSSR count). The predicted octanol–water partition coefficient (Wildman–Crippen LogP) is 3.02. The molecule has 0 saturated carbocycles. The van der Waals surface area contributed by atoms with Gasteiger partial charge in [0.15, 0.2) is 0 Å². The molecule has 1 aliphatic rings. The van der Waals surface area contributed by atoms with Crippen molar-refractivity contribution in [1.82, 2.24) is 10.6 Å². The molecule has 116 valence electrons. The molecule has 1 aromatic carbocycles. The Labute approximate surface area is 134 Å². The maximum Gasteiger partial charge on any atom is 0.220 e. The van der Waals surface area contributed by atoms with E-state index in [-0.39, 0.29) is 11.9 Å². The number of amides is 1. The third-order valence-electron chi connectivity index (χ3n) is 3.93. The van der Waals surface area contributed by atoms with Crippen LogP contribution in [0.3, 0.4) is 0 Å². The monoisotopic (exact) mass is 354 g/mol. The van der Waals surface area contributed by atoms with Gasteiger partial charge in [-0.25, -0.2) is 0 Å². The summed E-state index contributed by atoms with van der Waals surface area (Å²) in [5, 5.41) is 6.43. The second-order valence-corrected chi connectivity index (χ2v) is 6.45. The average molecular weight is 355 g/mol. The van der Waals surface area contributed by atoms with Crippen LogP contribution in [0.2, 0.25) is 0 Å². The molecule has 2 atom stereocenters. The molecule has 1 aliphatic heterocycles. The lowest BCUT2D eigenvalue weighted by Crippen LogP contribution is -2.35. The van der Waals surface area contributed by atoms with Crippen LogP contribution in [0.5, 0.6) is 5.75 Å². The molecule has 2 unspecified atom stereocenters. The highest BCUT2D eigenvalue weighted by atomic mass is 79.9. The normalized spacial score (nSPS) is 19.9. The number of rotatable bonds is 5.